The number of benzene rings is 2. The summed E-state index contributed by atoms with van der Waals surface area (Å²) in [6.45, 7) is 3.04. The van der Waals surface area contributed by atoms with Crippen molar-refractivity contribution in [3.63, 3.8) is 0 Å². The second kappa shape index (κ2) is 10.1. The molecule has 0 aromatic heterocycles. The summed E-state index contributed by atoms with van der Waals surface area (Å²) in [6, 6.07) is 17.8. The zero-order chi connectivity index (χ0) is 20.2. The van der Waals surface area contributed by atoms with Gasteiger partial charge in [-0.3, -0.25) is 4.99 Å². The summed E-state index contributed by atoms with van der Waals surface area (Å²) >= 11 is 0. The molecule has 0 spiro atoms. The van der Waals surface area contributed by atoms with Crippen molar-refractivity contribution in [3.8, 4) is 0 Å². The molecular weight excluding hydrogens is 492 g/mol. The number of hydrogen-bond acceptors (Lipinski definition) is 2. The van der Waals surface area contributed by atoms with Crippen molar-refractivity contribution in [1.29, 1.82) is 0 Å². The predicted molar refractivity (Wildman–Crippen MR) is 130 cm³/mol. The van der Waals surface area contributed by atoms with Gasteiger partial charge in [-0.25, -0.2) is 4.39 Å². The number of aliphatic imine (C=N–C) groups is 1. The summed E-state index contributed by atoms with van der Waals surface area (Å²) in [5.74, 6) is 0.661. The fourth-order valence-corrected chi connectivity index (χ4v) is 4.43. The Labute approximate surface area is 195 Å². The highest BCUT2D eigenvalue weighted by molar-refractivity contribution is 14.0. The molecule has 1 aliphatic carbocycles. The predicted octanol–water partition coefficient (Wildman–Crippen LogP) is 4.39. The van der Waals surface area contributed by atoms with E-state index in [2.05, 4.69) is 46.0 Å². The number of halogens is 2. The van der Waals surface area contributed by atoms with Gasteiger partial charge in [-0.2, -0.15) is 0 Å². The summed E-state index contributed by atoms with van der Waals surface area (Å²) in [5.41, 5.74) is 2.09. The van der Waals surface area contributed by atoms with Crippen molar-refractivity contribution in [3.05, 3.63) is 71.5 Å². The van der Waals surface area contributed by atoms with Crippen molar-refractivity contribution >= 4 is 29.9 Å². The lowest BCUT2D eigenvalue weighted by Gasteiger charge is -2.38. The van der Waals surface area contributed by atoms with Crippen LogP contribution in [0.5, 0.6) is 0 Å². The van der Waals surface area contributed by atoms with E-state index in [0.717, 1.165) is 57.0 Å². The molecule has 2 aromatic carbocycles. The lowest BCUT2D eigenvalue weighted by atomic mass is 9.74. The van der Waals surface area contributed by atoms with Crippen molar-refractivity contribution in [2.24, 2.45) is 4.99 Å². The van der Waals surface area contributed by atoms with E-state index in [1.807, 2.05) is 12.1 Å². The molecule has 2 N–H and O–H groups in total. The fourth-order valence-electron chi connectivity index (χ4n) is 4.43. The molecule has 4 nitrogen and oxygen atoms in total. The molecule has 0 amide bonds. The molecule has 1 heterocycles. The minimum absolute atomic E-state index is 0. The largest absolute Gasteiger partial charge is 0.381 e. The molecule has 162 valence electrons. The van der Waals surface area contributed by atoms with Gasteiger partial charge in [-0.15, -0.1) is 24.0 Å². The lowest BCUT2D eigenvalue weighted by Crippen LogP contribution is -2.49. The van der Waals surface area contributed by atoms with E-state index in [0.29, 0.717) is 6.54 Å². The van der Waals surface area contributed by atoms with Crippen LogP contribution in [-0.4, -0.2) is 39.3 Å². The summed E-state index contributed by atoms with van der Waals surface area (Å²) in [5, 5.41) is 6.98. The maximum atomic E-state index is 14.3. The van der Waals surface area contributed by atoms with Crippen LogP contribution in [0.2, 0.25) is 0 Å². The van der Waals surface area contributed by atoms with Crippen LogP contribution in [0.4, 0.5) is 4.39 Å². The first-order valence-electron chi connectivity index (χ1n) is 10.5. The SMILES string of the molecule is CN=C(NCC1(c2ccccc2)CCOCC1)NCC1(c2ccccc2F)CC1.I. The molecule has 0 bridgehead atoms. The van der Waals surface area contributed by atoms with Gasteiger partial charge in [0.1, 0.15) is 5.82 Å². The first-order valence-corrected chi connectivity index (χ1v) is 10.5. The van der Waals surface area contributed by atoms with Crippen LogP contribution in [0, 0.1) is 5.82 Å². The molecule has 0 radical (unpaired) electrons. The van der Waals surface area contributed by atoms with Crippen LogP contribution in [0.15, 0.2) is 59.6 Å². The highest BCUT2D eigenvalue weighted by atomic mass is 127. The zero-order valence-corrected chi connectivity index (χ0v) is 19.8. The fraction of sp³-hybridized carbons (Fsp3) is 0.458. The van der Waals surface area contributed by atoms with Crippen molar-refractivity contribution in [2.75, 3.05) is 33.4 Å². The standard InChI is InChI=1S/C24H30FN3O.HI/c1-26-22(28-18-24(11-12-24)20-9-5-6-10-21(20)25)27-17-23(13-15-29-16-14-23)19-7-3-2-4-8-19;/h2-10H,11-18H2,1H3,(H2,26,27,28);1H. The van der Waals surface area contributed by atoms with E-state index >= 15 is 0 Å². The van der Waals surface area contributed by atoms with Gasteiger partial charge in [0.2, 0.25) is 0 Å². The smallest absolute Gasteiger partial charge is 0.191 e. The van der Waals surface area contributed by atoms with E-state index in [1.54, 1.807) is 19.2 Å². The molecule has 2 aromatic rings. The van der Waals surface area contributed by atoms with Gasteiger partial charge < -0.3 is 15.4 Å². The third-order valence-electron chi connectivity index (χ3n) is 6.55. The minimum Gasteiger partial charge on any atom is -0.381 e. The van der Waals surface area contributed by atoms with E-state index in [-0.39, 0.29) is 40.6 Å². The second-order valence-electron chi connectivity index (χ2n) is 8.30. The van der Waals surface area contributed by atoms with E-state index in [4.69, 9.17) is 4.74 Å². The van der Waals surface area contributed by atoms with Crippen LogP contribution in [0.1, 0.15) is 36.8 Å². The molecule has 1 aliphatic heterocycles. The molecule has 4 rings (SSSR count). The molecule has 2 fully saturated rings. The molecule has 6 heteroatoms. The van der Waals surface area contributed by atoms with Crippen LogP contribution < -0.4 is 10.6 Å². The Morgan fingerprint density at radius 3 is 2.10 bits per heavy atom. The zero-order valence-electron chi connectivity index (χ0n) is 17.5. The van der Waals surface area contributed by atoms with Gasteiger partial charge in [0.15, 0.2) is 5.96 Å². The minimum atomic E-state index is -0.112. The second-order valence-corrected chi connectivity index (χ2v) is 8.30. The van der Waals surface area contributed by atoms with E-state index < -0.39 is 0 Å². The Bertz CT molecular complexity index is 849. The molecule has 0 atom stereocenters. The van der Waals surface area contributed by atoms with Gasteiger partial charge in [0, 0.05) is 44.2 Å². The third-order valence-corrected chi connectivity index (χ3v) is 6.55. The average Bonchev–Trinajstić information content (AvgIpc) is 3.56. The number of ether oxygens (including phenoxy) is 1. The van der Waals surface area contributed by atoms with Crippen LogP contribution in [0.25, 0.3) is 0 Å². The first-order chi connectivity index (χ1) is 14.2. The Hall–Kier alpha value is -1.67. The number of nitrogens with one attached hydrogen (secondary N) is 2. The van der Waals surface area contributed by atoms with E-state index in [9.17, 15) is 4.39 Å². The summed E-state index contributed by atoms with van der Waals surface area (Å²) in [6.07, 6.45) is 3.98. The molecule has 0 unspecified atom stereocenters. The molecule has 2 aliphatic rings. The van der Waals surface area contributed by atoms with Crippen molar-refractivity contribution < 1.29 is 9.13 Å². The number of hydrogen-bond donors (Lipinski definition) is 2. The Kier molecular flexibility index (Phi) is 7.74. The quantitative estimate of drug-likeness (QED) is 0.336. The topological polar surface area (TPSA) is 45.7 Å². The van der Waals surface area contributed by atoms with Gasteiger partial charge in [-0.1, -0.05) is 48.5 Å². The van der Waals surface area contributed by atoms with Crippen LogP contribution in [0.3, 0.4) is 0 Å². The first kappa shape index (κ1) is 23.0. The van der Waals surface area contributed by atoms with Crippen molar-refractivity contribution in [2.45, 2.75) is 36.5 Å². The highest BCUT2D eigenvalue weighted by Gasteiger charge is 2.46. The third kappa shape index (κ3) is 4.97. The van der Waals surface area contributed by atoms with Crippen LogP contribution >= 0.6 is 24.0 Å². The maximum Gasteiger partial charge on any atom is 0.191 e. The normalized spacial score (nSPS) is 19.5. The molecule has 30 heavy (non-hydrogen) atoms. The Morgan fingerprint density at radius 2 is 1.50 bits per heavy atom. The van der Waals surface area contributed by atoms with Gasteiger partial charge >= 0.3 is 0 Å². The molecular formula is C24H31FIN3O. The number of rotatable bonds is 6. The monoisotopic (exact) mass is 523 g/mol. The lowest BCUT2D eigenvalue weighted by molar-refractivity contribution is 0.0514. The Balaban J connectivity index is 0.00000256. The summed E-state index contributed by atoms with van der Waals surface area (Å²) in [4.78, 5) is 4.41. The van der Waals surface area contributed by atoms with Gasteiger partial charge in [-0.05, 0) is 42.9 Å². The number of nitrogens with zero attached hydrogens (tertiary/aromatic N) is 1. The summed E-state index contributed by atoms with van der Waals surface area (Å²) < 4.78 is 19.9. The van der Waals surface area contributed by atoms with Gasteiger partial charge in [0.05, 0.1) is 0 Å². The maximum absolute atomic E-state index is 14.3. The highest BCUT2D eigenvalue weighted by Crippen LogP contribution is 2.48. The van der Waals surface area contributed by atoms with Crippen molar-refractivity contribution in [1.82, 2.24) is 10.6 Å². The summed E-state index contributed by atoms with van der Waals surface area (Å²) in [7, 11) is 1.79. The average molecular weight is 523 g/mol. The van der Waals surface area contributed by atoms with Gasteiger partial charge in [0.25, 0.3) is 0 Å². The number of guanidine groups is 1. The van der Waals surface area contributed by atoms with E-state index in [1.165, 1.54) is 5.56 Å². The molecule has 1 saturated heterocycles. The van der Waals surface area contributed by atoms with Crippen LogP contribution in [-0.2, 0) is 15.6 Å². The Morgan fingerprint density at radius 1 is 0.900 bits per heavy atom. The molecule has 1 saturated carbocycles.